The van der Waals surface area contributed by atoms with Gasteiger partial charge in [0, 0.05) is 18.9 Å². The Kier molecular flexibility index (Phi) is 6.93. The average molecular weight is 298 g/mol. The molecule has 0 aliphatic carbocycles. The molecule has 0 fully saturated rings. The van der Waals surface area contributed by atoms with E-state index in [-0.39, 0.29) is 19.6 Å². The number of amides is 1. The number of nitrogens with one attached hydrogen (secondary N) is 1. The first-order valence-electron chi connectivity index (χ1n) is 6.60. The second-order valence-electron chi connectivity index (χ2n) is 3.98. The van der Waals surface area contributed by atoms with Crippen molar-refractivity contribution in [2.45, 2.75) is 32.7 Å². The van der Waals surface area contributed by atoms with Crippen molar-refractivity contribution >= 4 is 17.8 Å². The lowest BCUT2D eigenvalue weighted by Crippen LogP contribution is -2.48. The summed E-state index contributed by atoms with van der Waals surface area (Å²) in [5.41, 5.74) is 0. The number of esters is 2. The molecule has 0 radical (unpaired) electrons. The van der Waals surface area contributed by atoms with Crippen LogP contribution in [0.15, 0.2) is 16.8 Å². The van der Waals surface area contributed by atoms with Crippen LogP contribution in [0.25, 0.3) is 0 Å². The predicted octanol–water partition coefficient (Wildman–Crippen LogP) is 0.218. The van der Waals surface area contributed by atoms with Crippen LogP contribution in [-0.4, -0.2) is 42.3 Å². The van der Waals surface area contributed by atoms with Crippen LogP contribution in [0.5, 0.6) is 0 Å². The van der Waals surface area contributed by atoms with Crippen molar-refractivity contribution in [2.75, 3.05) is 13.2 Å². The van der Waals surface area contributed by atoms with Crippen LogP contribution in [0.4, 0.5) is 0 Å². The molecule has 0 aliphatic heterocycles. The van der Waals surface area contributed by atoms with E-state index in [1.807, 2.05) is 0 Å². The molecular weight excluding hydrogens is 280 g/mol. The van der Waals surface area contributed by atoms with Gasteiger partial charge in [0.1, 0.15) is 5.76 Å². The van der Waals surface area contributed by atoms with Crippen molar-refractivity contribution in [3.63, 3.8) is 0 Å². The van der Waals surface area contributed by atoms with Crippen molar-refractivity contribution in [1.82, 2.24) is 10.5 Å². The molecule has 116 valence electrons. The molecule has 1 heterocycles. The zero-order chi connectivity index (χ0) is 15.7. The summed E-state index contributed by atoms with van der Waals surface area (Å²) in [7, 11) is 0. The molecule has 0 unspecified atom stereocenters. The fourth-order valence-electron chi connectivity index (χ4n) is 1.51. The summed E-state index contributed by atoms with van der Waals surface area (Å²) in [6, 6.07) is 0.175. The summed E-state index contributed by atoms with van der Waals surface area (Å²) in [5.74, 6) is -1.64. The number of nitrogens with zero attached hydrogens (tertiary/aromatic N) is 1. The average Bonchev–Trinajstić information content (AvgIpc) is 2.96. The van der Waals surface area contributed by atoms with Gasteiger partial charge < -0.3 is 19.3 Å². The number of carbonyl (C=O) groups excluding carboxylic acids is 3. The minimum absolute atomic E-state index is 0.0461. The van der Waals surface area contributed by atoms with Crippen molar-refractivity contribution < 1.29 is 28.4 Å². The van der Waals surface area contributed by atoms with Crippen molar-refractivity contribution in [1.29, 1.82) is 0 Å². The largest absolute Gasteiger partial charge is 0.464 e. The van der Waals surface area contributed by atoms with Gasteiger partial charge in [-0.25, -0.2) is 9.59 Å². The van der Waals surface area contributed by atoms with E-state index in [2.05, 4.69) is 10.5 Å². The smallest absolute Gasteiger partial charge is 0.340 e. The second kappa shape index (κ2) is 8.72. The lowest BCUT2D eigenvalue weighted by molar-refractivity contribution is -0.159. The van der Waals surface area contributed by atoms with Crippen molar-refractivity contribution in [2.24, 2.45) is 0 Å². The van der Waals surface area contributed by atoms with Gasteiger partial charge in [0.05, 0.1) is 19.4 Å². The first kappa shape index (κ1) is 16.7. The third-order valence-corrected chi connectivity index (χ3v) is 2.44. The van der Waals surface area contributed by atoms with Gasteiger partial charge in [-0.15, -0.1) is 0 Å². The van der Waals surface area contributed by atoms with Gasteiger partial charge in [-0.1, -0.05) is 5.16 Å². The van der Waals surface area contributed by atoms with Crippen molar-refractivity contribution in [3.8, 4) is 0 Å². The van der Waals surface area contributed by atoms with E-state index < -0.39 is 23.9 Å². The van der Waals surface area contributed by atoms with Gasteiger partial charge in [0.25, 0.3) is 0 Å². The molecule has 0 spiro atoms. The molecule has 0 saturated carbocycles. The van der Waals surface area contributed by atoms with Gasteiger partial charge in [-0.05, 0) is 13.8 Å². The van der Waals surface area contributed by atoms with E-state index in [0.29, 0.717) is 12.2 Å². The van der Waals surface area contributed by atoms with E-state index in [4.69, 9.17) is 14.0 Å². The van der Waals surface area contributed by atoms with Crippen LogP contribution in [0.3, 0.4) is 0 Å². The zero-order valence-corrected chi connectivity index (χ0v) is 12.0. The number of aryl methyl sites for hydroxylation is 1. The van der Waals surface area contributed by atoms with E-state index >= 15 is 0 Å². The fourth-order valence-corrected chi connectivity index (χ4v) is 1.51. The molecule has 1 N–H and O–H groups in total. The van der Waals surface area contributed by atoms with E-state index in [1.165, 1.54) is 6.20 Å². The highest BCUT2D eigenvalue weighted by molar-refractivity contribution is 6.02. The highest BCUT2D eigenvalue weighted by Crippen LogP contribution is 2.02. The molecule has 1 aromatic heterocycles. The Morgan fingerprint density at radius 1 is 1.24 bits per heavy atom. The van der Waals surface area contributed by atoms with Crippen molar-refractivity contribution in [3.05, 3.63) is 18.0 Å². The quantitative estimate of drug-likeness (QED) is 0.540. The SMILES string of the molecule is CCOC(=O)C(NC(=O)CCc1ccno1)C(=O)OCC. The maximum atomic E-state index is 11.8. The topological polar surface area (TPSA) is 108 Å². The Hall–Kier alpha value is -2.38. The molecule has 8 heteroatoms. The number of hydrogen-bond acceptors (Lipinski definition) is 7. The number of hydrogen-bond donors (Lipinski definition) is 1. The molecule has 0 saturated heterocycles. The Morgan fingerprint density at radius 2 is 1.86 bits per heavy atom. The van der Waals surface area contributed by atoms with Crippen LogP contribution in [0, 0.1) is 0 Å². The monoisotopic (exact) mass is 298 g/mol. The van der Waals surface area contributed by atoms with Crippen LogP contribution in [0.1, 0.15) is 26.0 Å². The van der Waals surface area contributed by atoms with E-state index in [9.17, 15) is 14.4 Å². The summed E-state index contributed by atoms with van der Waals surface area (Å²) in [6.07, 6.45) is 1.82. The van der Waals surface area contributed by atoms with Crippen LogP contribution >= 0.6 is 0 Å². The standard InChI is InChI=1S/C13H18N2O6/c1-3-19-12(17)11(13(18)20-4-2)15-10(16)6-5-9-7-8-14-21-9/h7-8,11H,3-6H2,1-2H3,(H,15,16). The maximum absolute atomic E-state index is 11.8. The summed E-state index contributed by atoms with van der Waals surface area (Å²) in [6.45, 7) is 3.41. The molecule has 0 atom stereocenters. The summed E-state index contributed by atoms with van der Waals surface area (Å²) in [5, 5.41) is 5.81. The van der Waals surface area contributed by atoms with Crippen LogP contribution in [-0.2, 0) is 30.3 Å². The fraction of sp³-hybridized carbons (Fsp3) is 0.538. The molecule has 8 nitrogen and oxygen atoms in total. The maximum Gasteiger partial charge on any atom is 0.340 e. The van der Waals surface area contributed by atoms with Gasteiger partial charge >= 0.3 is 11.9 Å². The zero-order valence-electron chi connectivity index (χ0n) is 12.0. The minimum atomic E-state index is -1.45. The van der Waals surface area contributed by atoms with Crippen LogP contribution in [0.2, 0.25) is 0 Å². The van der Waals surface area contributed by atoms with Gasteiger partial charge in [-0.3, -0.25) is 4.79 Å². The summed E-state index contributed by atoms with van der Waals surface area (Å²) >= 11 is 0. The lowest BCUT2D eigenvalue weighted by atomic mass is 10.2. The van der Waals surface area contributed by atoms with Gasteiger partial charge in [-0.2, -0.15) is 0 Å². The summed E-state index contributed by atoms with van der Waals surface area (Å²) in [4.78, 5) is 35.1. The molecule has 0 bridgehead atoms. The summed E-state index contributed by atoms with van der Waals surface area (Å²) < 4.78 is 14.3. The van der Waals surface area contributed by atoms with E-state index in [0.717, 1.165) is 0 Å². The number of carbonyl (C=O) groups is 3. The molecule has 0 aliphatic rings. The molecule has 1 amide bonds. The Balaban J connectivity index is 2.55. The molecule has 0 aromatic carbocycles. The van der Waals surface area contributed by atoms with Gasteiger partial charge in [0.15, 0.2) is 0 Å². The molecule has 1 rings (SSSR count). The lowest BCUT2D eigenvalue weighted by Gasteiger charge is -2.15. The molecule has 21 heavy (non-hydrogen) atoms. The highest BCUT2D eigenvalue weighted by Gasteiger charge is 2.31. The molecule has 1 aromatic rings. The number of ether oxygens (including phenoxy) is 2. The normalized spacial score (nSPS) is 10.2. The first-order chi connectivity index (χ1) is 10.1. The minimum Gasteiger partial charge on any atom is -0.464 e. The van der Waals surface area contributed by atoms with E-state index in [1.54, 1.807) is 19.9 Å². The predicted molar refractivity (Wildman–Crippen MR) is 70.0 cm³/mol. The first-order valence-corrected chi connectivity index (χ1v) is 6.60. The Bertz CT molecular complexity index is 453. The third-order valence-electron chi connectivity index (χ3n) is 2.44. The Morgan fingerprint density at radius 3 is 2.33 bits per heavy atom. The van der Waals surface area contributed by atoms with Gasteiger partial charge in [0.2, 0.25) is 11.9 Å². The molecular formula is C13H18N2O6. The number of rotatable bonds is 8. The second-order valence-corrected chi connectivity index (χ2v) is 3.98. The number of aromatic nitrogens is 1. The third kappa shape index (κ3) is 5.64. The Labute approximate surface area is 121 Å². The van der Waals surface area contributed by atoms with Crippen LogP contribution < -0.4 is 5.32 Å². The highest BCUT2D eigenvalue weighted by atomic mass is 16.6.